The fraction of sp³-hybridized carbons (Fsp3) is 0.167. The minimum atomic E-state index is -4.92. The quantitative estimate of drug-likeness (QED) is 0.573. The molecule has 1 atom stereocenters. The Kier molecular flexibility index (Phi) is 5.44. The van der Waals surface area contributed by atoms with Gasteiger partial charge in [0.25, 0.3) is 0 Å². The second-order valence-corrected chi connectivity index (χ2v) is 7.10. The number of fused-ring (bicyclic) bond motifs is 1. The second kappa shape index (κ2) is 7.39. The standard InChI is InChI=1S/C18H10Cl3F3O4/c1-7-11(19)4-9(5-12(7)20)27-15-6-14-8(3-13(15)21)2-10(17(25)26)16(28-14)18(22,23)24/h2-6,16H,1H3,(H,25,26)/t16-/m1/s1. The Morgan fingerprint density at radius 2 is 1.71 bits per heavy atom. The molecule has 0 radical (unpaired) electrons. The van der Waals surface area contributed by atoms with E-state index in [1.165, 1.54) is 18.2 Å². The first kappa shape index (κ1) is 20.6. The molecule has 10 heteroatoms. The number of carboxylic acid groups (broad SMARTS) is 1. The van der Waals surface area contributed by atoms with Gasteiger partial charge in [0.05, 0.1) is 10.6 Å². The molecular formula is C18H10Cl3F3O4. The molecule has 1 aliphatic rings. The predicted octanol–water partition coefficient (Wildman–Crippen LogP) is 6.54. The van der Waals surface area contributed by atoms with Gasteiger partial charge in [0.1, 0.15) is 17.2 Å². The summed E-state index contributed by atoms with van der Waals surface area (Å²) in [4.78, 5) is 11.2. The number of hydrogen-bond donors (Lipinski definition) is 1. The van der Waals surface area contributed by atoms with E-state index in [0.717, 1.165) is 12.1 Å². The van der Waals surface area contributed by atoms with Crippen LogP contribution in [0.5, 0.6) is 17.2 Å². The zero-order chi connectivity index (χ0) is 20.8. The highest BCUT2D eigenvalue weighted by molar-refractivity contribution is 6.36. The molecule has 3 rings (SSSR count). The van der Waals surface area contributed by atoms with Gasteiger partial charge >= 0.3 is 12.1 Å². The van der Waals surface area contributed by atoms with Crippen LogP contribution in [0, 0.1) is 6.92 Å². The van der Waals surface area contributed by atoms with Crippen molar-refractivity contribution in [3.8, 4) is 17.2 Å². The smallest absolute Gasteiger partial charge is 0.430 e. The zero-order valence-corrected chi connectivity index (χ0v) is 16.2. The number of alkyl halides is 3. The fourth-order valence-corrected chi connectivity index (χ4v) is 3.18. The van der Waals surface area contributed by atoms with E-state index < -0.39 is 23.8 Å². The summed E-state index contributed by atoms with van der Waals surface area (Å²) in [5.41, 5.74) is -0.230. The second-order valence-electron chi connectivity index (χ2n) is 5.88. The molecule has 1 aliphatic heterocycles. The van der Waals surface area contributed by atoms with E-state index in [-0.39, 0.29) is 27.8 Å². The van der Waals surface area contributed by atoms with E-state index in [0.29, 0.717) is 15.6 Å². The molecule has 0 saturated heterocycles. The minimum absolute atomic E-state index is 0.00972. The van der Waals surface area contributed by atoms with Crippen LogP contribution in [0.3, 0.4) is 0 Å². The molecule has 2 aromatic rings. The van der Waals surface area contributed by atoms with Crippen molar-refractivity contribution in [2.75, 3.05) is 0 Å². The number of aliphatic carboxylic acids is 1. The van der Waals surface area contributed by atoms with E-state index in [2.05, 4.69) is 0 Å². The first-order valence-electron chi connectivity index (χ1n) is 7.62. The van der Waals surface area contributed by atoms with Gasteiger partial charge in [-0.25, -0.2) is 4.79 Å². The van der Waals surface area contributed by atoms with Crippen LogP contribution in [0.2, 0.25) is 15.1 Å². The van der Waals surface area contributed by atoms with Crippen LogP contribution >= 0.6 is 34.8 Å². The first-order valence-corrected chi connectivity index (χ1v) is 8.76. The van der Waals surface area contributed by atoms with E-state index in [1.54, 1.807) is 6.92 Å². The third-order valence-electron chi connectivity index (χ3n) is 3.93. The molecule has 1 heterocycles. The average Bonchev–Trinajstić information content (AvgIpc) is 2.58. The zero-order valence-electron chi connectivity index (χ0n) is 13.9. The molecule has 0 aromatic heterocycles. The van der Waals surface area contributed by atoms with Crippen LogP contribution < -0.4 is 9.47 Å². The summed E-state index contributed by atoms with van der Waals surface area (Å²) < 4.78 is 50.0. The maximum Gasteiger partial charge on any atom is 0.430 e. The molecule has 4 nitrogen and oxygen atoms in total. The van der Waals surface area contributed by atoms with E-state index >= 15 is 0 Å². The summed E-state index contributed by atoms with van der Waals surface area (Å²) in [6, 6.07) is 5.34. The Balaban J connectivity index is 2.02. The molecule has 1 N–H and O–H groups in total. The average molecular weight is 454 g/mol. The minimum Gasteiger partial charge on any atom is -0.478 e. The number of hydrogen-bond acceptors (Lipinski definition) is 3. The number of rotatable bonds is 3. The Labute approximate surface area is 172 Å². The highest BCUT2D eigenvalue weighted by Crippen LogP contribution is 2.43. The van der Waals surface area contributed by atoms with Crippen molar-refractivity contribution in [3.05, 3.63) is 56.0 Å². The molecule has 0 fully saturated rings. The summed E-state index contributed by atoms with van der Waals surface area (Å²) in [7, 11) is 0. The number of benzene rings is 2. The van der Waals surface area contributed by atoms with Crippen molar-refractivity contribution in [3.63, 3.8) is 0 Å². The number of halogens is 6. The molecule has 2 aromatic carbocycles. The van der Waals surface area contributed by atoms with Crippen molar-refractivity contribution >= 4 is 46.8 Å². The molecular weight excluding hydrogens is 444 g/mol. The number of carbonyl (C=O) groups is 1. The van der Waals surface area contributed by atoms with Crippen LogP contribution in [0.4, 0.5) is 13.2 Å². The van der Waals surface area contributed by atoms with Gasteiger partial charge in [-0.3, -0.25) is 0 Å². The van der Waals surface area contributed by atoms with Gasteiger partial charge in [0, 0.05) is 21.7 Å². The predicted molar refractivity (Wildman–Crippen MR) is 98.8 cm³/mol. The van der Waals surface area contributed by atoms with E-state index in [4.69, 9.17) is 49.4 Å². The summed E-state index contributed by atoms with van der Waals surface area (Å²) in [6.45, 7) is 1.71. The molecule has 0 unspecified atom stereocenters. The third kappa shape index (κ3) is 4.01. The third-order valence-corrected chi connectivity index (χ3v) is 5.01. The lowest BCUT2D eigenvalue weighted by Crippen LogP contribution is -2.40. The molecule has 148 valence electrons. The number of carboxylic acids is 1. The van der Waals surface area contributed by atoms with Gasteiger partial charge in [-0.1, -0.05) is 34.8 Å². The van der Waals surface area contributed by atoms with Crippen molar-refractivity contribution < 1.29 is 32.5 Å². The van der Waals surface area contributed by atoms with Crippen molar-refractivity contribution in [2.24, 2.45) is 0 Å². The summed E-state index contributed by atoms with van der Waals surface area (Å²) in [5.74, 6) is -1.76. The lowest BCUT2D eigenvalue weighted by atomic mass is 10.0. The van der Waals surface area contributed by atoms with Crippen LogP contribution in [0.1, 0.15) is 11.1 Å². The molecule has 0 aliphatic carbocycles. The largest absolute Gasteiger partial charge is 0.478 e. The summed E-state index contributed by atoms with van der Waals surface area (Å²) in [6.07, 6.45) is -6.66. The topological polar surface area (TPSA) is 55.8 Å². The first-order chi connectivity index (χ1) is 13.0. The van der Waals surface area contributed by atoms with Gasteiger partial charge in [-0.15, -0.1) is 0 Å². The van der Waals surface area contributed by atoms with Crippen LogP contribution in [0.25, 0.3) is 6.08 Å². The maximum absolute atomic E-state index is 13.2. The Morgan fingerprint density at radius 1 is 1.11 bits per heavy atom. The molecule has 28 heavy (non-hydrogen) atoms. The fourth-order valence-electron chi connectivity index (χ4n) is 2.50. The normalized spacial score (nSPS) is 16.1. The highest BCUT2D eigenvalue weighted by atomic mass is 35.5. The van der Waals surface area contributed by atoms with Gasteiger partial charge < -0.3 is 14.6 Å². The van der Waals surface area contributed by atoms with Crippen LogP contribution in [-0.2, 0) is 4.79 Å². The van der Waals surface area contributed by atoms with Crippen molar-refractivity contribution in [1.82, 2.24) is 0 Å². The monoisotopic (exact) mass is 452 g/mol. The van der Waals surface area contributed by atoms with Gasteiger partial charge in [-0.2, -0.15) is 13.2 Å². The Bertz CT molecular complexity index is 979. The van der Waals surface area contributed by atoms with Gasteiger partial charge in [-0.05, 0) is 36.8 Å². The molecule has 0 bridgehead atoms. The van der Waals surface area contributed by atoms with E-state index in [1.807, 2.05) is 0 Å². The molecule has 0 spiro atoms. The van der Waals surface area contributed by atoms with Gasteiger partial charge in [0.2, 0.25) is 6.10 Å². The Morgan fingerprint density at radius 3 is 2.25 bits per heavy atom. The molecule has 0 amide bonds. The van der Waals surface area contributed by atoms with Crippen molar-refractivity contribution in [1.29, 1.82) is 0 Å². The van der Waals surface area contributed by atoms with E-state index in [9.17, 15) is 18.0 Å². The summed E-state index contributed by atoms with van der Waals surface area (Å²) >= 11 is 18.2. The number of ether oxygens (including phenoxy) is 2. The van der Waals surface area contributed by atoms with Crippen LogP contribution in [-0.4, -0.2) is 23.4 Å². The van der Waals surface area contributed by atoms with Crippen molar-refractivity contribution in [2.45, 2.75) is 19.2 Å². The highest BCUT2D eigenvalue weighted by Gasteiger charge is 2.48. The van der Waals surface area contributed by atoms with Crippen LogP contribution in [0.15, 0.2) is 29.8 Å². The lowest BCUT2D eigenvalue weighted by molar-refractivity contribution is -0.187. The molecule has 0 saturated carbocycles. The lowest BCUT2D eigenvalue weighted by Gasteiger charge is -2.27. The Hall–Kier alpha value is -2.09. The van der Waals surface area contributed by atoms with Gasteiger partial charge in [0.15, 0.2) is 0 Å². The summed E-state index contributed by atoms with van der Waals surface area (Å²) in [5, 5.41) is 9.75. The maximum atomic E-state index is 13.2. The SMILES string of the molecule is Cc1c(Cl)cc(Oc2cc3c(cc2Cl)C=C(C(=O)O)[C@H](C(F)(F)F)O3)cc1Cl.